The summed E-state index contributed by atoms with van der Waals surface area (Å²) in [6, 6.07) is 52.4. The molecule has 6 heterocycles. The van der Waals surface area contributed by atoms with Gasteiger partial charge in [0.25, 0.3) is 0 Å². The summed E-state index contributed by atoms with van der Waals surface area (Å²) in [6.45, 7) is 30.6. The van der Waals surface area contributed by atoms with E-state index in [-0.39, 0.29) is 16.2 Å². The molecule has 8 aromatic carbocycles. The molecule has 0 bridgehead atoms. The normalized spacial score (nSPS) is 13.2. The van der Waals surface area contributed by atoms with Gasteiger partial charge in [-0.25, -0.2) is 4.57 Å². The Labute approximate surface area is 465 Å². The SMILES string of the molecule is Cc1c(-c2c3c(cc[n+]2C)c2cccc4c5c(CC(C)(C)C)cccc5n3c24)cc(C(C)C)c2cc(-c3cc4c5cc(CC(C)(C)C)ccc5n5c6cc(-c7cc(C(C)(C)C)c8ccccc8c7C)[n+](C)cc6c(c3)c45)ccc12. The smallest absolute Gasteiger partial charge is 0.237 e. The number of hydrogen-bond donors (Lipinski definition) is 0. The average Bonchev–Trinajstić information content (AvgIpc) is 4.33. The molecule has 392 valence electrons. The molecular weight excluding hydrogens is 957 g/mol. The Balaban J connectivity index is 0.993. The highest BCUT2D eigenvalue weighted by molar-refractivity contribution is 6.26. The van der Waals surface area contributed by atoms with Crippen LogP contribution in [0.4, 0.5) is 0 Å². The van der Waals surface area contributed by atoms with Gasteiger partial charge in [0.2, 0.25) is 11.4 Å². The Hall–Kier alpha value is -7.82. The van der Waals surface area contributed by atoms with Crippen molar-refractivity contribution in [1.82, 2.24) is 8.80 Å². The second-order valence-corrected chi connectivity index (χ2v) is 27.5. The molecule has 0 fully saturated rings. The average molecular weight is 1030 g/mol. The highest BCUT2D eigenvalue weighted by Gasteiger charge is 2.31. The molecule has 0 N–H and O–H groups in total. The van der Waals surface area contributed by atoms with Crippen molar-refractivity contribution in [2.45, 2.75) is 114 Å². The van der Waals surface area contributed by atoms with Gasteiger partial charge in [-0.15, -0.1) is 0 Å². The molecule has 14 aromatic rings. The van der Waals surface area contributed by atoms with E-state index in [2.05, 4.69) is 268 Å². The van der Waals surface area contributed by atoms with Crippen LogP contribution in [0.3, 0.4) is 0 Å². The van der Waals surface area contributed by atoms with E-state index in [0.717, 1.165) is 12.8 Å². The summed E-state index contributed by atoms with van der Waals surface area (Å²) in [4.78, 5) is 0. The van der Waals surface area contributed by atoms with Crippen LogP contribution in [0.15, 0.2) is 146 Å². The van der Waals surface area contributed by atoms with Gasteiger partial charge in [0.05, 0.1) is 44.1 Å². The zero-order chi connectivity index (χ0) is 55.1. The largest absolute Gasteiger partial charge is 0.307 e. The van der Waals surface area contributed by atoms with E-state index in [0.29, 0.717) is 5.92 Å². The molecule has 0 saturated heterocycles. The van der Waals surface area contributed by atoms with Gasteiger partial charge in [0, 0.05) is 49.8 Å². The molecule has 0 aliphatic carbocycles. The van der Waals surface area contributed by atoms with Crippen molar-refractivity contribution in [2.75, 3.05) is 0 Å². The maximum Gasteiger partial charge on any atom is 0.237 e. The first kappa shape index (κ1) is 49.5. The fraction of sp³-hybridized carbons (Fsp3) is 0.280. The number of nitrogens with zero attached hydrogens (tertiary/aromatic N) is 4. The van der Waals surface area contributed by atoms with Gasteiger partial charge in [-0.2, -0.15) is 4.57 Å². The maximum absolute atomic E-state index is 2.61. The lowest BCUT2D eigenvalue weighted by Gasteiger charge is -2.23. The molecule has 4 heteroatoms. The zero-order valence-electron chi connectivity index (χ0n) is 49.1. The number of rotatable bonds is 6. The number of aromatic nitrogens is 4. The Morgan fingerprint density at radius 3 is 1.84 bits per heavy atom. The number of para-hydroxylation sites is 1. The van der Waals surface area contributed by atoms with Crippen molar-refractivity contribution < 1.29 is 9.13 Å². The van der Waals surface area contributed by atoms with Crippen LogP contribution < -0.4 is 9.13 Å². The topological polar surface area (TPSA) is 16.6 Å². The number of pyridine rings is 2. The molecule has 0 aliphatic heterocycles. The molecular formula is C75H74N4+2. The van der Waals surface area contributed by atoms with E-state index >= 15 is 0 Å². The highest BCUT2D eigenvalue weighted by atomic mass is 15.0. The van der Waals surface area contributed by atoms with Gasteiger partial charge < -0.3 is 8.80 Å². The highest BCUT2D eigenvalue weighted by Crippen LogP contribution is 2.48. The van der Waals surface area contributed by atoms with Crippen LogP contribution in [0.5, 0.6) is 0 Å². The summed E-state index contributed by atoms with van der Waals surface area (Å²) >= 11 is 0. The van der Waals surface area contributed by atoms with E-state index in [4.69, 9.17) is 0 Å². The van der Waals surface area contributed by atoms with Crippen LogP contribution in [-0.4, -0.2) is 8.80 Å². The Morgan fingerprint density at radius 1 is 0.456 bits per heavy atom. The van der Waals surface area contributed by atoms with Gasteiger partial charge in [-0.05, 0) is 163 Å². The van der Waals surface area contributed by atoms with E-state index in [1.165, 1.54) is 165 Å². The number of aryl methyl sites for hydroxylation is 4. The third kappa shape index (κ3) is 7.38. The van der Waals surface area contributed by atoms with Crippen LogP contribution >= 0.6 is 0 Å². The first-order valence-corrected chi connectivity index (χ1v) is 28.9. The van der Waals surface area contributed by atoms with Crippen molar-refractivity contribution in [2.24, 2.45) is 24.9 Å². The molecule has 0 atom stereocenters. The first-order valence-electron chi connectivity index (χ1n) is 28.9. The van der Waals surface area contributed by atoms with Crippen molar-refractivity contribution in [3.63, 3.8) is 0 Å². The molecule has 0 unspecified atom stereocenters. The van der Waals surface area contributed by atoms with E-state index in [1.807, 2.05) is 0 Å². The quantitative estimate of drug-likeness (QED) is 0.148. The number of fused-ring (bicyclic) bond motifs is 14. The van der Waals surface area contributed by atoms with Crippen molar-refractivity contribution in [1.29, 1.82) is 0 Å². The molecule has 14 rings (SSSR count). The minimum atomic E-state index is -0.0206. The molecule has 6 aromatic heterocycles. The lowest BCUT2D eigenvalue weighted by molar-refractivity contribution is -0.659. The fourth-order valence-electron chi connectivity index (χ4n) is 14.5. The van der Waals surface area contributed by atoms with Gasteiger partial charge in [-0.1, -0.05) is 149 Å². The van der Waals surface area contributed by atoms with Gasteiger partial charge in [0.1, 0.15) is 19.6 Å². The summed E-state index contributed by atoms with van der Waals surface area (Å²) in [7, 11) is 4.48. The monoisotopic (exact) mass is 1030 g/mol. The fourth-order valence-corrected chi connectivity index (χ4v) is 14.5. The number of benzene rings is 8. The molecule has 0 radical (unpaired) electrons. The Bertz CT molecular complexity index is 4900. The Morgan fingerprint density at radius 2 is 1.10 bits per heavy atom. The van der Waals surface area contributed by atoms with E-state index in [9.17, 15) is 0 Å². The third-order valence-electron chi connectivity index (χ3n) is 17.9. The van der Waals surface area contributed by atoms with Crippen LogP contribution in [0.2, 0.25) is 0 Å². The van der Waals surface area contributed by atoms with Gasteiger partial charge in [0.15, 0.2) is 12.4 Å². The van der Waals surface area contributed by atoms with Crippen molar-refractivity contribution in [3.05, 3.63) is 179 Å². The summed E-state index contributed by atoms with van der Waals surface area (Å²) < 4.78 is 9.95. The van der Waals surface area contributed by atoms with Crippen LogP contribution in [-0.2, 0) is 32.4 Å². The summed E-state index contributed by atoms with van der Waals surface area (Å²) in [5.41, 5.74) is 23.8. The predicted octanol–water partition coefficient (Wildman–Crippen LogP) is 19.2. The predicted molar refractivity (Wildman–Crippen MR) is 338 cm³/mol. The van der Waals surface area contributed by atoms with Crippen LogP contribution in [0, 0.1) is 24.7 Å². The van der Waals surface area contributed by atoms with Crippen molar-refractivity contribution >= 4 is 97.7 Å². The summed E-state index contributed by atoms with van der Waals surface area (Å²) in [6.07, 6.45) is 6.73. The van der Waals surface area contributed by atoms with Crippen molar-refractivity contribution in [3.8, 4) is 33.6 Å². The molecule has 79 heavy (non-hydrogen) atoms. The maximum atomic E-state index is 2.61. The summed E-state index contributed by atoms with van der Waals surface area (Å²) in [5.74, 6) is 0.293. The zero-order valence-corrected chi connectivity index (χ0v) is 49.1. The second-order valence-electron chi connectivity index (χ2n) is 27.5. The lowest BCUT2D eigenvalue weighted by Crippen LogP contribution is -2.31. The minimum Gasteiger partial charge on any atom is -0.307 e. The van der Waals surface area contributed by atoms with Crippen LogP contribution in [0.1, 0.15) is 115 Å². The number of hydrogen-bond acceptors (Lipinski definition) is 0. The summed E-state index contributed by atoms with van der Waals surface area (Å²) in [5, 5.41) is 15.9. The molecule has 0 spiro atoms. The van der Waals surface area contributed by atoms with E-state index in [1.54, 1.807) is 0 Å². The Kier molecular flexibility index (Phi) is 10.6. The molecule has 4 nitrogen and oxygen atoms in total. The third-order valence-corrected chi connectivity index (χ3v) is 17.9. The van der Waals surface area contributed by atoms with Gasteiger partial charge in [-0.3, -0.25) is 0 Å². The van der Waals surface area contributed by atoms with E-state index < -0.39 is 0 Å². The molecule has 0 aliphatic rings. The standard InChI is InChI=1S/C75H74N4/c1-42(2)55-36-57(71-72-53(30-31-76(71)14)52-23-19-24-54-68-47(40-74(8,9)10)20-18-25-65(68)79(72)69(52)54)44(4)50-28-27-46(33-58(50)55)48-34-60-59-32-45(39-73(5,6)7)26-29-64(59)78-67-38-66(77(15)41-62(67)61(35-48)70(60)78)56-37-63(75(11,12)13)51-22-17-16-21-49(51)43(56)3/h16-38,41-42H,39-40H2,1-15H3/q+2. The second kappa shape index (κ2) is 16.9. The van der Waals surface area contributed by atoms with Gasteiger partial charge >= 0.3 is 0 Å². The van der Waals surface area contributed by atoms with Crippen LogP contribution in [0.25, 0.3) is 131 Å². The molecule has 0 amide bonds. The molecule has 0 saturated carbocycles. The lowest BCUT2D eigenvalue weighted by atomic mass is 9.80. The first-order chi connectivity index (χ1) is 37.5. The minimum absolute atomic E-state index is 0.0206.